The monoisotopic (exact) mass is 282 g/mol. The zero-order chi connectivity index (χ0) is 12.0. The largest absolute Gasteiger partial charge is 0.461 e. The van der Waals surface area contributed by atoms with Gasteiger partial charge in [-0.25, -0.2) is 0 Å². The fourth-order valence-corrected chi connectivity index (χ4v) is 1.50. The van der Waals surface area contributed by atoms with E-state index in [9.17, 15) is 4.79 Å². The van der Waals surface area contributed by atoms with Gasteiger partial charge in [-0.2, -0.15) is 0 Å². The Morgan fingerprint density at radius 1 is 1.38 bits per heavy atom. The van der Waals surface area contributed by atoms with Crippen molar-refractivity contribution in [3.8, 4) is 0 Å². The van der Waals surface area contributed by atoms with Gasteiger partial charge in [0.1, 0.15) is 6.61 Å². The van der Waals surface area contributed by atoms with Gasteiger partial charge < -0.3 is 4.74 Å². The average Bonchev–Trinajstić information content (AvgIpc) is 2.26. The summed E-state index contributed by atoms with van der Waals surface area (Å²) in [6.45, 7) is 3.85. The Bertz CT molecular complexity index is 379. The number of carbonyl (C=O) groups excluding carboxylic acids is 1. The summed E-state index contributed by atoms with van der Waals surface area (Å²) in [6.07, 6.45) is 2.93. The summed E-state index contributed by atoms with van der Waals surface area (Å²) in [5, 5.41) is 0. The fourth-order valence-electron chi connectivity index (χ4n) is 1.23. The minimum atomic E-state index is -0.241. The molecule has 0 aromatic heterocycles. The molecule has 0 amide bonds. The number of rotatable bonds is 4. The van der Waals surface area contributed by atoms with Crippen LogP contribution in [0, 0.1) is 0 Å². The Hall–Kier alpha value is -1.09. The summed E-state index contributed by atoms with van der Waals surface area (Å²) in [7, 11) is 0. The number of carbonyl (C=O) groups is 1. The zero-order valence-corrected chi connectivity index (χ0v) is 11.1. The second-order valence-electron chi connectivity index (χ2n) is 3.49. The van der Waals surface area contributed by atoms with Crippen molar-refractivity contribution in [3.63, 3.8) is 0 Å². The van der Waals surface area contributed by atoms with Gasteiger partial charge in [-0.05, 0) is 29.7 Å². The summed E-state index contributed by atoms with van der Waals surface area (Å²) < 4.78 is 6.03. The first-order valence-corrected chi connectivity index (χ1v) is 5.99. The maximum Gasteiger partial charge on any atom is 0.302 e. The van der Waals surface area contributed by atoms with Crippen molar-refractivity contribution >= 4 is 28.0 Å². The van der Waals surface area contributed by atoms with Crippen molar-refractivity contribution in [3.05, 3.63) is 39.9 Å². The van der Waals surface area contributed by atoms with Crippen LogP contribution in [0.25, 0.3) is 6.08 Å². The van der Waals surface area contributed by atoms with Gasteiger partial charge in [-0.1, -0.05) is 41.1 Å². The van der Waals surface area contributed by atoms with Crippen molar-refractivity contribution in [2.45, 2.75) is 20.3 Å². The Balaban J connectivity index is 2.71. The first-order valence-electron chi connectivity index (χ1n) is 5.20. The number of hydrogen-bond donors (Lipinski definition) is 0. The highest BCUT2D eigenvalue weighted by molar-refractivity contribution is 9.10. The third-order valence-corrected chi connectivity index (χ3v) is 2.68. The van der Waals surface area contributed by atoms with Crippen molar-refractivity contribution in [2.24, 2.45) is 0 Å². The molecule has 0 unspecified atom stereocenters. The molecule has 2 nitrogen and oxygen atoms in total. The normalized spacial score (nSPS) is 11.3. The highest BCUT2D eigenvalue weighted by Crippen LogP contribution is 2.14. The van der Waals surface area contributed by atoms with E-state index in [0.717, 1.165) is 22.0 Å². The van der Waals surface area contributed by atoms with Crippen LogP contribution in [0.2, 0.25) is 0 Å². The van der Waals surface area contributed by atoms with Gasteiger partial charge in [0.05, 0.1) is 0 Å². The van der Waals surface area contributed by atoms with Crippen molar-refractivity contribution < 1.29 is 9.53 Å². The molecule has 0 heterocycles. The molecule has 16 heavy (non-hydrogen) atoms. The molecule has 0 atom stereocenters. The molecule has 0 saturated heterocycles. The number of benzene rings is 1. The van der Waals surface area contributed by atoms with E-state index >= 15 is 0 Å². The van der Waals surface area contributed by atoms with E-state index in [0.29, 0.717) is 6.61 Å². The summed E-state index contributed by atoms with van der Waals surface area (Å²) in [5.74, 6) is -0.241. The van der Waals surface area contributed by atoms with Crippen molar-refractivity contribution in [1.82, 2.24) is 0 Å². The molecule has 0 aliphatic heterocycles. The molecule has 0 radical (unpaired) electrons. The Kier molecular flexibility index (Phi) is 5.26. The minimum absolute atomic E-state index is 0.241. The molecule has 0 spiro atoms. The van der Waals surface area contributed by atoms with Crippen LogP contribution in [-0.4, -0.2) is 12.6 Å². The first-order chi connectivity index (χ1) is 7.61. The molecular weight excluding hydrogens is 268 g/mol. The highest BCUT2D eigenvalue weighted by atomic mass is 79.9. The summed E-state index contributed by atoms with van der Waals surface area (Å²) in [6, 6.07) is 8.02. The van der Waals surface area contributed by atoms with Crippen LogP contribution in [0.1, 0.15) is 25.8 Å². The van der Waals surface area contributed by atoms with E-state index in [2.05, 4.69) is 22.0 Å². The Morgan fingerprint density at radius 2 is 2.00 bits per heavy atom. The van der Waals surface area contributed by atoms with Gasteiger partial charge >= 0.3 is 5.97 Å². The lowest BCUT2D eigenvalue weighted by molar-refractivity contribution is -0.139. The Morgan fingerprint density at radius 3 is 2.50 bits per heavy atom. The predicted molar refractivity (Wildman–Crippen MR) is 69.0 cm³/mol. The zero-order valence-electron chi connectivity index (χ0n) is 9.50. The van der Waals surface area contributed by atoms with E-state index in [1.54, 1.807) is 0 Å². The first kappa shape index (κ1) is 13.0. The number of halogens is 1. The number of hydrogen-bond acceptors (Lipinski definition) is 2. The molecular formula is C13H15BrO2. The average molecular weight is 283 g/mol. The maximum atomic E-state index is 10.7. The van der Waals surface area contributed by atoms with Gasteiger partial charge in [-0.15, -0.1) is 0 Å². The smallest absolute Gasteiger partial charge is 0.302 e. The summed E-state index contributed by atoms with van der Waals surface area (Å²) in [4.78, 5) is 10.7. The molecule has 1 rings (SSSR count). The van der Waals surface area contributed by atoms with E-state index in [1.807, 2.05) is 31.2 Å². The lowest BCUT2D eigenvalue weighted by atomic mass is 10.1. The quantitative estimate of drug-likeness (QED) is 0.785. The van der Waals surface area contributed by atoms with Crippen LogP contribution in [0.5, 0.6) is 0 Å². The summed E-state index contributed by atoms with van der Waals surface area (Å²) in [5.41, 5.74) is 2.23. The van der Waals surface area contributed by atoms with Gasteiger partial charge in [0.15, 0.2) is 0 Å². The van der Waals surface area contributed by atoms with Crippen molar-refractivity contribution in [2.75, 3.05) is 6.61 Å². The molecule has 0 bridgehead atoms. The van der Waals surface area contributed by atoms with Crippen LogP contribution in [0.15, 0.2) is 34.3 Å². The summed E-state index contributed by atoms with van der Waals surface area (Å²) >= 11 is 3.39. The van der Waals surface area contributed by atoms with Crippen LogP contribution in [0.3, 0.4) is 0 Å². The minimum Gasteiger partial charge on any atom is -0.461 e. The van der Waals surface area contributed by atoms with Crippen LogP contribution >= 0.6 is 15.9 Å². The van der Waals surface area contributed by atoms with Gasteiger partial charge in [0, 0.05) is 11.4 Å². The van der Waals surface area contributed by atoms with Crippen LogP contribution in [-0.2, 0) is 9.53 Å². The molecule has 1 aromatic rings. The molecule has 1 aromatic carbocycles. The molecule has 0 N–H and O–H groups in total. The molecule has 0 saturated carbocycles. The highest BCUT2D eigenvalue weighted by Gasteiger charge is 1.98. The van der Waals surface area contributed by atoms with E-state index in [-0.39, 0.29) is 5.97 Å². The molecule has 3 heteroatoms. The van der Waals surface area contributed by atoms with Crippen molar-refractivity contribution in [1.29, 1.82) is 0 Å². The molecule has 0 aliphatic rings. The molecule has 0 aliphatic carbocycles. The van der Waals surface area contributed by atoms with E-state index < -0.39 is 0 Å². The maximum absolute atomic E-state index is 10.7. The van der Waals surface area contributed by atoms with Crippen LogP contribution < -0.4 is 0 Å². The van der Waals surface area contributed by atoms with Crippen LogP contribution in [0.4, 0.5) is 0 Å². The Labute approximate surface area is 104 Å². The second kappa shape index (κ2) is 6.48. The predicted octanol–water partition coefficient (Wildman–Crippen LogP) is 3.81. The van der Waals surface area contributed by atoms with E-state index in [1.165, 1.54) is 6.92 Å². The van der Waals surface area contributed by atoms with E-state index in [4.69, 9.17) is 4.74 Å². The SMILES string of the molecule is CCC(=Cc1ccc(Br)cc1)COC(C)=O. The van der Waals surface area contributed by atoms with Gasteiger partial charge in [-0.3, -0.25) is 4.79 Å². The number of ether oxygens (including phenoxy) is 1. The lowest BCUT2D eigenvalue weighted by Gasteiger charge is -2.05. The molecule has 0 fully saturated rings. The van der Waals surface area contributed by atoms with Gasteiger partial charge in [0.2, 0.25) is 0 Å². The third-order valence-electron chi connectivity index (χ3n) is 2.16. The van der Waals surface area contributed by atoms with Gasteiger partial charge in [0.25, 0.3) is 0 Å². The topological polar surface area (TPSA) is 26.3 Å². The number of esters is 1. The fraction of sp³-hybridized carbons (Fsp3) is 0.308. The lowest BCUT2D eigenvalue weighted by Crippen LogP contribution is -2.02. The second-order valence-corrected chi connectivity index (χ2v) is 4.40. The standard InChI is InChI=1S/C13H15BrO2/c1-3-11(9-16-10(2)15)8-12-4-6-13(14)7-5-12/h4-8H,3,9H2,1-2H3. The molecule has 86 valence electrons. The third kappa shape index (κ3) is 4.62.